The topological polar surface area (TPSA) is 37.3 Å². The summed E-state index contributed by atoms with van der Waals surface area (Å²) in [6.45, 7) is 5.85. The molecule has 0 spiro atoms. The van der Waals surface area contributed by atoms with Crippen molar-refractivity contribution in [1.29, 1.82) is 0 Å². The summed E-state index contributed by atoms with van der Waals surface area (Å²) >= 11 is 0. The molecule has 2 aromatic carbocycles. The van der Waals surface area contributed by atoms with Crippen molar-refractivity contribution < 1.29 is 9.67 Å². The second-order valence-corrected chi connectivity index (χ2v) is 10.0. The smallest absolute Gasteiger partial charge is 0.149 e. The zero-order valence-electron chi connectivity index (χ0n) is 16.1. The van der Waals surface area contributed by atoms with Crippen LogP contribution in [-0.2, 0) is 4.57 Å². The molecule has 3 heteroatoms. The lowest BCUT2D eigenvalue weighted by Crippen LogP contribution is -2.42. The molecule has 0 aliphatic carbocycles. The van der Waals surface area contributed by atoms with Crippen LogP contribution >= 0.6 is 7.14 Å². The van der Waals surface area contributed by atoms with E-state index in [1.54, 1.807) is 13.0 Å². The standard InChI is InChI=1S/C23H31O2P/c1-4-6-9-18-22(23(3,24)19-5-2)26(25,20-14-10-7-11-15-20)21-16-12-8-13-17-21/h5,7-8,10-17,19,22,24H,4,6,9,18H2,1-3H3/b19-5+. The lowest BCUT2D eigenvalue weighted by molar-refractivity contribution is 0.102. The van der Waals surface area contributed by atoms with Gasteiger partial charge in [-0.15, -0.1) is 0 Å². The molecule has 0 fully saturated rings. The van der Waals surface area contributed by atoms with Crippen molar-refractivity contribution in [2.75, 3.05) is 0 Å². The third-order valence-corrected chi connectivity index (χ3v) is 8.77. The quantitative estimate of drug-likeness (QED) is 0.371. The van der Waals surface area contributed by atoms with Crippen LogP contribution in [0.4, 0.5) is 0 Å². The molecule has 0 saturated heterocycles. The molecule has 0 saturated carbocycles. The maximum Gasteiger partial charge on any atom is 0.149 e. The van der Waals surface area contributed by atoms with E-state index in [0.717, 1.165) is 36.3 Å². The Bertz CT molecular complexity index is 692. The largest absolute Gasteiger partial charge is 0.385 e. The van der Waals surface area contributed by atoms with Crippen LogP contribution < -0.4 is 10.6 Å². The second kappa shape index (κ2) is 9.35. The van der Waals surface area contributed by atoms with Gasteiger partial charge in [-0.05, 0) is 20.3 Å². The van der Waals surface area contributed by atoms with Crippen LogP contribution in [0.25, 0.3) is 0 Å². The highest BCUT2D eigenvalue weighted by atomic mass is 31.2. The van der Waals surface area contributed by atoms with E-state index in [4.69, 9.17) is 0 Å². The summed E-state index contributed by atoms with van der Waals surface area (Å²) in [6, 6.07) is 19.3. The molecule has 0 aliphatic heterocycles. The Hall–Kier alpha value is -1.63. The number of allylic oxidation sites excluding steroid dienone is 1. The fourth-order valence-electron chi connectivity index (χ4n) is 3.69. The average Bonchev–Trinajstić information content (AvgIpc) is 2.66. The molecule has 2 rings (SSSR count). The van der Waals surface area contributed by atoms with Gasteiger partial charge in [-0.3, -0.25) is 0 Å². The maximum atomic E-state index is 14.6. The molecule has 0 aromatic heterocycles. The first kappa shape index (κ1) is 20.7. The van der Waals surface area contributed by atoms with Crippen molar-refractivity contribution >= 4 is 17.8 Å². The zero-order chi connectivity index (χ0) is 19.0. The van der Waals surface area contributed by atoms with Gasteiger partial charge in [0.2, 0.25) is 0 Å². The van der Waals surface area contributed by atoms with Gasteiger partial charge in [-0.1, -0.05) is 99.0 Å². The minimum atomic E-state index is -3.03. The average molecular weight is 370 g/mol. The molecule has 2 nitrogen and oxygen atoms in total. The van der Waals surface area contributed by atoms with Crippen molar-refractivity contribution in [1.82, 2.24) is 0 Å². The number of hydrogen-bond acceptors (Lipinski definition) is 2. The Kier molecular flexibility index (Phi) is 7.43. The monoisotopic (exact) mass is 370 g/mol. The molecule has 0 amide bonds. The summed E-state index contributed by atoms with van der Waals surface area (Å²) in [5.74, 6) is 0. The molecule has 2 atom stereocenters. The number of hydrogen-bond donors (Lipinski definition) is 1. The van der Waals surface area contributed by atoms with Crippen molar-refractivity contribution in [3.05, 3.63) is 72.8 Å². The molecule has 0 radical (unpaired) electrons. The molecule has 1 N–H and O–H groups in total. The van der Waals surface area contributed by atoms with E-state index in [9.17, 15) is 9.67 Å². The van der Waals surface area contributed by atoms with E-state index in [-0.39, 0.29) is 5.66 Å². The van der Waals surface area contributed by atoms with Gasteiger partial charge < -0.3 is 9.67 Å². The van der Waals surface area contributed by atoms with E-state index in [1.807, 2.05) is 73.7 Å². The summed E-state index contributed by atoms with van der Waals surface area (Å²) < 4.78 is 14.6. The summed E-state index contributed by atoms with van der Waals surface area (Å²) in [5.41, 5.74) is -1.49. The van der Waals surface area contributed by atoms with E-state index in [0.29, 0.717) is 0 Å². The van der Waals surface area contributed by atoms with Gasteiger partial charge in [-0.25, -0.2) is 0 Å². The van der Waals surface area contributed by atoms with E-state index < -0.39 is 12.7 Å². The maximum absolute atomic E-state index is 14.6. The third kappa shape index (κ3) is 4.55. The Morgan fingerprint density at radius 2 is 1.50 bits per heavy atom. The van der Waals surface area contributed by atoms with Crippen molar-refractivity contribution in [2.45, 2.75) is 57.7 Å². The Morgan fingerprint density at radius 1 is 1.00 bits per heavy atom. The normalized spacial score (nSPS) is 15.7. The zero-order valence-corrected chi connectivity index (χ0v) is 17.0. The molecule has 26 heavy (non-hydrogen) atoms. The highest BCUT2D eigenvalue weighted by Gasteiger charge is 2.45. The summed E-state index contributed by atoms with van der Waals surface area (Å²) in [5, 5.41) is 12.9. The van der Waals surface area contributed by atoms with Gasteiger partial charge in [-0.2, -0.15) is 0 Å². The van der Waals surface area contributed by atoms with Crippen LogP contribution in [0.5, 0.6) is 0 Å². The number of aliphatic hydroxyl groups is 1. The fraction of sp³-hybridized carbons (Fsp3) is 0.391. The highest BCUT2D eigenvalue weighted by molar-refractivity contribution is 7.79. The van der Waals surface area contributed by atoms with Crippen molar-refractivity contribution in [3.63, 3.8) is 0 Å². The predicted molar refractivity (Wildman–Crippen MR) is 113 cm³/mol. The van der Waals surface area contributed by atoms with Gasteiger partial charge in [0.15, 0.2) is 0 Å². The molecule has 140 valence electrons. The van der Waals surface area contributed by atoms with Crippen molar-refractivity contribution in [2.24, 2.45) is 0 Å². The highest BCUT2D eigenvalue weighted by Crippen LogP contribution is 2.54. The van der Waals surface area contributed by atoms with Gasteiger partial charge in [0, 0.05) is 10.6 Å². The summed E-state index contributed by atoms with van der Waals surface area (Å²) in [6.07, 6.45) is 7.51. The molecule has 0 heterocycles. The van der Waals surface area contributed by atoms with Crippen LogP contribution in [0, 0.1) is 0 Å². The Morgan fingerprint density at radius 3 is 1.92 bits per heavy atom. The molecule has 2 aromatic rings. The molecule has 0 bridgehead atoms. The lowest BCUT2D eigenvalue weighted by atomic mass is 9.96. The van der Waals surface area contributed by atoms with E-state index in [1.165, 1.54) is 0 Å². The summed E-state index contributed by atoms with van der Waals surface area (Å²) in [7, 11) is -3.03. The Balaban J connectivity index is 2.64. The first-order chi connectivity index (χ1) is 12.5. The van der Waals surface area contributed by atoms with E-state index in [2.05, 4.69) is 6.92 Å². The van der Waals surface area contributed by atoms with Crippen LogP contribution in [-0.4, -0.2) is 16.4 Å². The van der Waals surface area contributed by atoms with E-state index >= 15 is 0 Å². The van der Waals surface area contributed by atoms with Crippen LogP contribution in [0.3, 0.4) is 0 Å². The number of benzene rings is 2. The van der Waals surface area contributed by atoms with Crippen LogP contribution in [0.2, 0.25) is 0 Å². The predicted octanol–water partition coefficient (Wildman–Crippen LogP) is 5.28. The minimum Gasteiger partial charge on any atom is -0.385 e. The van der Waals surface area contributed by atoms with Gasteiger partial charge in [0.1, 0.15) is 7.14 Å². The second-order valence-electron chi connectivity index (χ2n) is 7.07. The first-order valence-electron chi connectivity index (χ1n) is 9.54. The van der Waals surface area contributed by atoms with Gasteiger partial charge >= 0.3 is 0 Å². The Labute approximate surface area is 158 Å². The summed E-state index contributed by atoms with van der Waals surface area (Å²) in [4.78, 5) is 0. The van der Waals surface area contributed by atoms with Gasteiger partial charge in [0.05, 0.1) is 11.3 Å². The SMILES string of the molecule is C/C=C/C(C)(O)C(CCCCC)P(=O)(c1ccccc1)c1ccccc1. The number of unbranched alkanes of at least 4 members (excludes halogenated alkanes) is 2. The van der Waals surface area contributed by atoms with Crippen LogP contribution in [0.1, 0.15) is 46.5 Å². The molecular weight excluding hydrogens is 339 g/mol. The molecule has 2 unspecified atom stereocenters. The van der Waals surface area contributed by atoms with Crippen LogP contribution in [0.15, 0.2) is 72.8 Å². The number of rotatable bonds is 9. The van der Waals surface area contributed by atoms with Crippen molar-refractivity contribution in [3.8, 4) is 0 Å². The fourth-order valence-corrected chi connectivity index (χ4v) is 7.30. The minimum absolute atomic E-state index is 0.359. The first-order valence-corrected chi connectivity index (χ1v) is 11.3. The lowest BCUT2D eigenvalue weighted by Gasteiger charge is -2.37. The third-order valence-electron chi connectivity index (χ3n) is 4.98. The molecular formula is C23H31O2P. The molecule has 0 aliphatic rings. The van der Waals surface area contributed by atoms with Gasteiger partial charge in [0.25, 0.3) is 0 Å².